The lowest BCUT2D eigenvalue weighted by molar-refractivity contribution is -0.384. The fraction of sp³-hybridized carbons (Fsp3) is 0.429. The molecule has 1 aromatic carbocycles. The van der Waals surface area contributed by atoms with Gasteiger partial charge < -0.3 is 16.0 Å². The number of alkyl halides is 3. The second kappa shape index (κ2) is 8.85. The van der Waals surface area contributed by atoms with Gasteiger partial charge in [-0.3, -0.25) is 19.7 Å². The molecular weight excluding hydrogens is 345 g/mol. The molecule has 0 bridgehead atoms. The number of rotatable bonds is 8. The third-order valence-electron chi connectivity index (χ3n) is 3.01. The Hall–Kier alpha value is -2.85. The zero-order valence-electron chi connectivity index (χ0n) is 13.3. The van der Waals surface area contributed by atoms with Crippen LogP contribution in [-0.2, 0) is 15.8 Å². The van der Waals surface area contributed by atoms with Crippen molar-refractivity contribution in [1.29, 1.82) is 0 Å². The van der Waals surface area contributed by atoms with Crippen LogP contribution in [0.5, 0.6) is 0 Å². The van der Waals surface area contributed by atoms with Crippen LogP contribution in [0.3, 0.4) is 0 Å². The molecule has 0 atom stereocenters. The maximum Gasteiger partial charge on any atom is 0.416 e. The number of benzene rings is 1. The van der Waals surface area contributed by atoms with Crippen LogP contribution >= 0.6 is 0 Å². The summed E-state index contributed by atoms with van der Waals surface area (Å²) in [6.07, 6.45) is -4.81. The molecule has 1 aromatic rings. The van der Waals surface area contributed by atoms with Crippen LogP contribution in [0.4, 0.5) is 24.5 Å². The van der Waals surface area contributed by atoms with E-state index in [4.69, 9.17) is 0 Å². The first-order valence-electron chi connectivity index (χ1n) is 7.28. The van der Waals surface area contributed by atoms with Gasteiger partial charge in [-0.1, -0.05) is 0 Å². The molecule has 8 nitrogen and oxygen atoms in total. The van der Waals surface area contributed by atoms with E-state index in [9.17, 15) is 32.9 Å². The van der Waals surface area contributed by atoms with E-state index in [0.29, 0.717) is 18.7 Å². The van der Waals surface area contributed by atoms with E-state index >= 15 is 0 Å². The highest BCUT2D eigenvalue weighted by molar-refractivity contribution is 5.84. The monoisotopic (exact) mass is 362 g/mol. The predicted octanol–water partition coefficient (Wildman–Crippen LogP) is 1.67. The molecular formula is C14H17F3N4O4. The van der Waals surface area contributed by atoms with Crippen molar-refractivity contribution in [3.05, 3.63) is 33.9 Å². The Balaban J connectivity index is 2.61. The van der Waals surface area contributed by atoms with Gasteiger partial charge in [0.15, 0.2) is 0 Å². The highest BCUT2D eigenvalue weighted by atomic mass is 19.4. The highest BCUT2D eigenvalue weighted by Crippen LogP contribution is 2.34. The van der Waals surface area contributed by atoms with Crippen LogP contribution in [0.25, 0.3) is 0 Å². The molecule has 0 spiro atoms. The topological polar surface area (TPSA) is 113 Å². The standard InChI is InChI=1S/C14H17F3N4O4/c1-2-18-13(23)8-20-12(22)5-6-19-10-4-3-9(14(15,16)17)7-11(10)21(24)25/h3-4,7,19H,2,5-6,8H2,1H3,(H,18,23)(H,20,22). The Bertz CT molecular complexity index is 649. The maximum absolute atomic E-state index is 12.6. The van der Waals surface area contributed by atoms with Crippen molar-refractivity contribution in [1.82, 2.24) is 10.6 Å². The van der Waals surface area contributed by atoms with Crippen molar-refractivity contribution in [3.63, 3.8) is 0 Å². The molecule has 138 valence electrons. The number of carbonyl (C=O) groups is 2. The van der Waals surface area contributed by atoms with Gasteiger partial charge in [0.2, 0.25) is 11.8 Å². The summed E-state index contributed by atoms with van der Waals surface area (Å²) in [5.41, 5.74) is -2.00. The number of halogens is 3. The molecule has 2 amide bonds. The number of anilines is 1. The van der Waals surface area contributed by atoms with E-state index in [1.807, 2.05) is 0 Å². The van der Waals surface area contributed by atoms with Gasteiger partial charge in [-0.05, 0) is 19.1 Å². The van der Waals surface area contributed by atoms with Crippen molar-refractivity contribution in [2.75, 3.05) is 25.0 Å². The van der Waals surface area contributed by atoms with Crippen molar-refractivity contribution < 1.29 is 27.7 Å². The number of likely N-dealkylation sites (N-methyl/N-ethyl adjacent to an activating group) is 1. The maximum atomic E-state index is 12.6. The molecule has 3 N–H and O–H groups in total. The summed E-state index contributed by atoms with van der Waals surface area (Å²) in [5.74, 6) is -0.837. The van der Waals surface area contributed by atoms with Crippen LogP contribution in [0.15, 0.2) is 18.2 Å². The predicted molar refractivity (Wildman–Crippen MR) is 82.9 cm³/mol. The van der Waals surface area contributed by atoms with Gasteiger partial charge in [0, 0.05) is 25.6 Å². The molecule has 0 saturated heterocycles. The number of amides is 2. The molecule has 0 saturated carbocycles. The van der Waals surface area contributed by atoms with Crippen molar-refractivity contribution >= 4 is 23.2 Å². The fourth-order valence-electron chi connectivity index (χ4n) is 1.85. The molecule has 0 aliphatic carbocycles. The van der Waals surface area contributed by atoms with Crippen LogP contribution < -0.4 is 16.0 Å². The number of nitro groups is 1. The normalized spacial score (nSPS) is 10.9. The largest absolute Gasteiger partial charge is 0.416 e. The van der Waals surface area contributed by atoms with Crippen LogP contribution in [-0.4, -0.2) is 36.4 Å². The second-order valence-corrected chi connectivity index (χ2v) is 4.89. The molecule has 0 heterocycles. The minimum Gasteiger partial charge on any atom is -0.379 e. The Morgan fingerprint density at radius 3 is 2.44 bits per heavy atom. The summed E-state index contributed by atoms with van der Waals surface area (Å²) in [4.78, 5) is 32.7. The first-order chi connectivity index (χ1) is 11.6. The number of carbonyl (C=O) groups excluding carboxylic acids is 2. The van der Waals surface area contributed by atoms with Crippen molar-refractivity contribution in [2.24, 2.45) is 0 Å². The lowest BCUT2D eigenvalue weighted by Crippen LogP contribution is -2.37. The molecule has 0 aliphatic rings. The van der Waals surface area contributed by atoms with E-state index in [1.165, 1.54) is 0 Å². The second-order valence-electron chi connectivity index (χ2n) is 4.89. The van der Waals surface area contributed by atoms with Crippen LogP contribution in [0.1, 0.15) is 18.9 Å². The van der Waals surface area contributed by atoms with Crippen LogP contribution in [0, 0.1) is 10.1 Å². The summed E-state index contributed by atoms with van der Waals surface area (Å²) < 4.78 is 37.8. The number of nitrogens with one attached hydrogen (secondary N) is 3. The molecule has 0 fully saturated rings. The Morgan fingerprint density at radius 1 is 1.20 bits per heavy atom. The number of hydrogen-bond donors (Lipinski definition) is 3. The zero-order chi connectivity index (χ0) is 19.0. The van der Waals surface area contributed by atoms with Gasteiger partial charge >= 0.3 is 6.18 Å². The molecule has 1 rings (SSSR count). The van der Waals surface area contributed by atoms with Gasteiger partial charge in [-0.2, -0.15) is 13.2 Å². The first kappa shape index (κ1) is 20.2. The average molecular weight is 362 g/mol. The summed E-state index contributed by atoms with van der Waals surface area (Å²) in [6, 6.07) is 2.08. The smallest absolute Gasteiger partial charge is 0.379 e. The van der Waals surface area contributed by atoms with E-state index in [2.05, 4.69) is 16.0 Å². The Morgan fingerprint density at radius 2 is 1.88 bits per heavy atom. The van der Waals surface area contributed by atoms with Gasteiger partial charge in [0.05, 0.1) is 17.0 Å². The summed E-state index contributed by atoms with van der Waals surface area (Å²) in [5, 5.41) is 18.3. The van der Waals surface area contributed by atoms with Gasteiger partial charge in [0.25, 0.3) is 5.69 Å². The number of nitro benzene ring substituents is 1. The van der Waals surface area contributed by atoms with Crippen molar-refractivity contribution in [2.45, 2.75) is 19.5 Å². The summed E-state index contributed by atoms with van der Waals surface area (Å²) in [7, 11) is 0. The summed E-state index contributed by atoms with van der Waals surface area (Å²) >= 11 is 0. The van der Waals surface area contributed by atoms with Gasteiger partial charge in [0.1, 0.15) is 5.69 Å². The highest BCUT2D eigenvalue weighted by Gasteiger charge is 2.33. The third kappa shape index (κ3) is 6.65. The van der Waals surface area contributed by atoms with E-state index < -0.39 is 28.3 Å². The number of hydrogen-bond acceptors (Lipinski definition) is 5. The quantitative estimate of drug-likeness (QED) is 0.481. The number of nitrogens with zero attached hydrogens (tertiary/aromatic N) is 1. The minimum absolute atomic E-state index is 0.0482. The fourth-order valence-corrected chi connectivity index (χ4v) is 1.85. The van der Waals surface area contributed by atoms with E-state index in [1.54, 1.807) is 6.92 Å². The lowest BCUT2D eigenvalue weighted by atomic mass is 10.1. The molecule has 25 heavy (non-hydrogen) atoms. The lowest BCUT2D eigenvalue weighted by Gasteiger charge is -2.10. The molecule has 11 heteroatoms. The van der Waals surface area contributed by atoms with Crippen LogP contribution in [0.2, 0.25) is 0 Å². The Kier molecular flexibility index (Phi) is 7.15. The summed E-state index contributed by atoms with van der Waals surface area (Å²) in [6.45, 7) is 1.90. The molecule has 0 aliphatic heterocycles. The van der Waals surface area contributed by atoms with E-state index in [0.717, 1.165) is 6.07 Å². The first-order valence-corrected chi connectivity index (χ1v) is 7.28. The van der Waals surface area contributed by atoms with E-state index in [-0.39, 0.29) is 31.1 Å². The van der Waals surface area contributed by atoms with Gasteiger partial charge in [-0.15, -0.1) is 0 Å². The Labute approximate surface area is 140 Å². The average Bonchev–Trinajstić information content (AvgIpc) is 2.52. The molecule has 0 aromatic heterocycles. The van der Waals surface area contributed by atoms with Crippen molar-refractivity contribution in [3.8, 4) is 0 Å². The zero-order valence-corrected chi connectivity index (χ0v) is 13.3. The molecule has 0 unspecified atom stereocenters. The SMILES string of the molecule is CCNC(=O)CNC(=O)CCNc1ccc(C(F)(F)F)cc1[N+](=O)[O-]. The van der Waals surface area contributed by atoms with Gasteiger partial charge in [-0.25, -0.2) is 0 Å². The third-order valence-corrected chi connectivity index (χ3v) is 3.01. The minimum atomic E-state index is -4.69. The molecule has 0 radical (unpaired) electrons.